The molecule has 0 aromatic heterocycles. The molecule has 1 atom stereocenters. The fourth-order valence-corrected chi connectivity index (χ4v) is 1.85. The van der Waals surface area contributed by atoms with Crippen LogP contribution in [0.15, 0.2) is 24.3 Å². The molecule has 1 aromatic carbocycles. The summed E-state index contributed by atoms with van der Waals surface area (Å²) >= 11 is 0. The highest BCUT2D eigenvalue weighted by atomic mass is 35.5. The summed E-state index contributed by atoms with van der Waals surface area (Å²) in [6, 6.07) is 7.33. The Balaban J connectivity index is 0.00000144. The zero-order valence-electron chi connectivity index (χ0n) is 10.3. The summed E-state index contributed by atoms with van der Waals surface area (Å²) in [7, 11) is 0. The van der Waals surface area contributed by atoms with E-state index in [1.165, 1.54) is 0 Å². The van der Waals surface area contributed by atoms with Gasteiger partial charge in [-0.3, -0.25) is 5.32 Å². The molecule has 17 heavy (non-hydrogen) atoms. The van der Waals surface area contributed by atoms with Gasteiger partial charge in [-0.05, 0) is 17.7 Å². The fraction of sp³-hybridized carbons (Fsp3) is 0.538. The molecule has 2 N–H and O–H groups in total. The molecule has 0 spiro atoms. The first-order chi connectivity index (χ1) is 7.55. The minimum atomic E-state index is 0. The van der Waals surface area contributed by atoms with Gasteiger partial charge in [-0.15, -0.1) is 12.4 Å². The Bertz CT molecular complexity index is 358. The number of phenols is 1. The third kappa shape index (κ3) is 4.19. The number of ether oxygens (including phenoxy) is 1. The molecule has 1 saturated heterocycles. The third-order valence-electron chi connectivity index (χ3n) is 2.82. The number of phenolic OH excluding ortho intramolecular Hbond substituents is 1. The van der Waals surface area contributed by atoms with E-state index < -0.39 is 0 Å². The van der Waals surface area contributed by atoms with Crippen molar-refractivity contribution in [1.82, 2.24) is 5.32 Å². The number of benzene rings is 1. The minimum absolute atomic E-state index is 0. The molecule has 0 bridgehead atoms. The topological polar surface area (TPSA) is 41.5 Å². The summed E-state index contributed by atoms with van der Waals surface area (Å²) < 4.78 is 5.74. The lowest BCUT2D eigenvalue weighted by atomic mass is 9.93. The Morgan fingerprint density at radius 2 is 2.24 bits per heavy atom. The molecule has 3 nitrogen and oxygen atoms in total. The standard InChI is InChI=1S/C13H19NO2.ClH/c1-13(2)8-14-12(16-9-13)7-10-4-3-5-11(15)6-10;/h3-6,12,14-15H,7-9H2,1-2H3;1H. The van der Waals surface area contributed by atoms with Crippen molar-refractivity contribution < 1.29 is 9.84 Å². The average molecular weight is 258 g/mol. The largest absolute Gasteiger partial charge is 0.508 e. The lowest BCUT2D eigenvalue weighted by Gasteiger charge is -2.35. The van der Waals surface area contributed by atoms with Gasteiger partial charge in [-0.2, -0.15) is 0 Å². The van der Waals surface area contributed by atoms with Crippen molar-refractivity contribution >= 4 is 12.4 Å². The van der Waals surface area contributed by atoms with Crippen LogP contribution in [0, 0.1) is 5.41 Å². The molecule has 1 aliphatic heterocycles. The van der Waals surface area contributed by atoms with Crippen LogP contribution in [0.4, 0.5) is 0 Å². The van der Waals surface area contributed by atoms with Gasteiger partial charge in [0.2, 0.25) is 0 Å². The highest BCUT2D eigenvalue weighted by Gasteiger charge is 2.26. The predicted molar refractivity (Wildman–Crippen MR) is 70.6 cm³/mol. The molecular formula is C13H20ClNO2. The van der Waals surface area contributed by atoms with Crippen LogP contribution in [0.3, 0.4) is 0 Å². The second-order valence-corrected chi connectivity index (χ2v) is 5.22. The van der Waals surface area contributed by atoms with E-state index in [0.717, 1.165) is 25.1 Å². The minimum Gasteiger partial charge on any atom is -0.508 e. The van der Waals surface area contributed by atoms with Gasteiger partial charge >= 0.3 is 0 Å². The molecule has 1 heterocycles. The molecule has 1 aliphatic rings. The number of aromatic hydroxyl groups is 1. The summed E-state index contributed by atoms with van der Waals surface area (Å²) in [6.45, 7) is 6.12. The molecule has 0 saturated carbocycles. The third-order valence-corrected chi connectivity index (χ3v) is 2.82. The number of halogens is 1. The van der Waals surface area contributed by atoms with Crippen LogP contribution in [-0.2, 0) is 11.2 Å². The maximum absolute atomic E-state index is 9.36. The Kier molecular flexibility index (Phi) is 4.80. The Hall–Kier alpha value is -0.770. The molecule has 1 unspecified atom stereocenters. The van der Waals surface area contributed by atoms with Crippen molar-refractivity contribution in [3.63, 3.8) is 0 Å². The second-order valence-electron chi connectivity index (χ2n) is 5.22. The van der Waals surface area contributed by atoms with Crippen molar-refractivity contribution in [2.24, 2.45) is 5.41 Å². The van der Waals surface area contributed by atoms with E-state index in [2.05, 4.69) is 19.2 Å². The normalized spacial score (nSPS) is 22.8. The van der Waals surface area contributed by atoms with Crippen molar-refractivity contribution in [2.75, 3.05) is 13.2 Å². The van der Waals surface area contributed by atoms with Crippen LogP contribution >= 0.6 is 12.4 Å². The molecule has 96 valence electrons. The second kappa shape index (κ2) is 5.71. The molecule has 1 fully saturated rings. The van der Waals surface area contributed by atoms with Crippen LogP contribution < -0.4 is 5.32 Å². The van der Waals surface area contributed by atoms with Gasteiger partial charge in [-0.1, -0.05) is 26.0 Å². The Morgan fingerprint density at radius 3 is 2.82 bits per heavy atom. The number of rotatable bonds is 2. The Morgan fingerprint density at radius 1 is 1.47 bits per heavy atom. The summed E-state index contributed by atoms with van der Waals surface area (Å²) in [5, 5.41) is 12.7. The zero-order valence-corrected chi connectivity index (χ0v) is 11.1. The molecule has 1 aromatic rings. The highest BCUT2D eigenvalue weighted by Crippen LogP contribution is 2.21. The van der Waals surface area contributed by atoms with Crippen molar-refractivity contribution in [3.05, 3.63) is 29.8 Å². The van der Waals surface area contributed by atoms with E-state index in [1.54, 1.807) is 12.1 Å². The molecule has 4 heteroatoms. The van der Waals surface area contributed by atoms with E-state index >= 15 is 0 Å². The van der Waals surface area contributed by atoms with Gasteiger partial charge in [0.15, 0.2) is 0 Å². The monoisotopic (exact) mass is 257 g/mol. The van der Waals surface area contributed by atoms with Crippen LogP contribution in [0.2, 0.25) is 0 Å². The highest BCUT2D eigenvalue weighted by molar-refractivity contribution is 5.85. The maximum atomic E-state index is 9.36. The van der Waals surface area contributed by atoms with E-state index in [0.29, 0.717) is 5.75 Å². The average Bonchev–Trinajstić information content (AvgIpc) is 2.21. The van der Waals surface area contributed by atoms with Crippen molar-refractivity contribution in [2.45, 2.75) is 26.5 Å². The number of nitrogens with one attached hydrogen (secondary N) is 1. The zero-order chi connectivity index (χ0) is 11.6. The van der Waals surface area contributed by atoms with Gasteiger partial charge < -0.3 is 9.84 Å². The van der Waals surface area contributed by atoms with Gasteiger partial charge in [0.1, 0.15) is 12.0 Å². The first-order valence-corrected chi connectivity index (χ1v) is 5.68. The van der Waals surface area contributed by atoms with E-state index in [9.17, 15) is 5.11 Å². The van der Waals surface area contributed by atoms with Gasteiger partial charge in [0.25, 0.3) is 0 Å². The van der Waals surface area contributed by atoms with Crippen molar-refractivity contribution in [3.8, 4) is 5.75 Å². The van der Waals surface area contributed by atoms with Crippen LogP contribution in [-0.4, -0.2) is 24.5 Å². The molecular weight excluding hydrogens is 238 g/mol. The number of hydrogen-bond donors (Lipinski definition) is 2. The summed E-state index contributed by atoms with van der Waals surface area (Å²) in [4.78, 5) is 0. The van der Waals surface area contributed by atoms with Gasteiger partial charge in [-0.25, -0.2) is 0 Å². The van der Waals surface area contributed by atoms with Gasteiger partial charge in [0, 0.05) is 18.4 Å². The first kappa shape index (κ1) is 14.3. The summed E-state index contributed by atoms with van der Waals surface area (Å²) in [6.07, 6.45) is 0.861. The van der Waals surface area contributed by atoms with Crippen LogP contribution in [0.5, 0.6) is 5.75 Å². The predicted octanol–water partition coefficient (Wildman–Crippen LogP) is 2.33. The molecule has 0 amide bonds. The summed E-state index contributed by atoms with van der Waals surface area (Å²) in [5.41, 5.74) is 1.31. The summed E-state index contributed by atoms with van der Waals surface area (Å²) in [5.74, 6) is 0.314. The molecule has 0 radical (unpaired) electrons. The van der Waals surface area contributed by atoms with E-state index in [4.69, 9.17) is 4.74 Å². The molecule has 0 aliphatic carbocycles. The SMILES string of the molecule is CC1(C)CNC(Cc2cccc(O)c2)OC1.Cl. The Labute approximate surface area is 109 Å². The lowest BCUT2D eigenvalue weighted by molar-refractivity contribution is -0.0566. The van der Waals surface area contributed by atoms with Crippen LogP contribution in [0.1, 0.15) is 19.4 Å². The van der Waals surface area contributed by atoms with E-state index in [1.807, 2.05) is 12.1 Å². The van der Waals surface area contributed by atoms with E-state index in [-0.39, 0.29) is 24.0 Å². The van der Waals surface area contributed by atoms with Crippen molar-refractivity contribution in [1.29, 1.82) is 0 Å². The lowest BCUT2D eigenvalue weighted by Crippen LogP contribution is -2.48. The molecule has 2 rings (SSSR count). The smallest absolute Gasteiger partial charge is 0.115 e. The fourth-order valence-electron chi connectivity index (χ4n) is 1.85. The van der Waals surface area contributed by atoms with Crippen LogP contribution in [0.25, 0.3) is 0 Å². The van der Waals surface area contributed by atoms with Gasteiger partial charge in [0.05, 0.1) is 6.61 Å². The number of hydrogen-bond acceptors (Lipinski definition) is 3. The maximum Gasteiger partial charge on any atom is 0.115 e. The quantitative estimate of drug-likeness (QED) is 0.855. The first-order valence-electron chi connectivity index (χ1n) is 5.68.